The van der Waals surface area contributed by atoms with Crippen LogP contribution < -0.4 is 10.1 Å². The molecule has 1 heterocycles. The molecule has 0 aliphatic carbocycles. The first-order valence-corrected chi connectivity index (χ1v) is 8.50. The molecule has 0 saturated carbocycles. The highest BCUT2D eigenvalue weighted by Gasteiger charge is 2.10. The highest BCUT2D eigenvalue weighted by Crippen LogP contribution is 2.21. The normalized spacial score (nSPS) is 10.6. The van der Waals surface area contributed by atoms with Gasteiger partial charge in [0.1, 0.15) is 12.4 Å². The van der Waals surface area contributed by atoms with E-state index in [-0.39, 0.29) is 12.5 Å². The molecule has 0 radical (unpaired) electrons. The molecule has 2 aromatic carbocycles. The minimum absolute atomic E-state index is 0.223. The number of aryl methyl sites for hydroxylation is 2. The molecule has 26 heavy (non-hydrogen) atoms. The van der Waals surface area contributed by atoms with E-state index < -0.39 is 0 Å². The van der Waals surface area contributed by atoms with Crippen LogP contribution in [-0.2, 0) is 13.2 Å². The molecule has 3 aromatic rings. The van der Waals surface area contributed by atoms with Gasteiger partial charge in [0.2, 0.25) is 0 Å². The minimum atomic E-state index is -0.223. The number of hydrogen-bond acceptors (Lipinski definition) is 5. The van der Waals surface area contributed by atoms with Gasteiger partial charge in [-0.25, -0.2) is 4.68 Å². The van der Waals surface area contributed by atoms with Crippen molar-refractivity contribution in [1.29, 1.82) is 0 Å². The number of carbonyl (C=O) groups excluding carboxylic acids is 1. The van der Waals surface area contributed by atoms with Crippen LogP contribution in [0.1, 0.15) is 28.7 Å². The van der Waals surface area contributed by atoms with E-state index >= 15 is 0 Å². The van der Waals surface area contributed by atoms with Crippen LogP contribution >= 0.6 is 11.6 Å². The Hall–Kier alpha value is -2.93. The van der Waals surface area contributed by atoms with Crippen molar-refractivity contribution in [2.45, 2.75) is 27.0 Å². The van der Waals surface area contributed by atoms with E-state index in [4.69, 9.17) is 16.3 Å². The Balaban J connectivity index is 1.69. The molecule has 0 aliphatic heterocycles. The predicted octanol–water partition coefficient (Wildman–Crippen LogP) is 3.49. The Morgan fingerprint density at radius 1 is 1.27 bits per heavy atom. The van der Waals surface area contributed by atoms with Crippen LogP contribution in [0.15, 0.2) is 42.5 Å². The molecule has 0 bridgehead atoms. The van der Waals surface area contributed by atoms with Gasteiger partial charge in [0.05, 0.1) is 0 Å². The quantitative estimate of drug-likeness (QED) is 0.717. The molecular formula is C18H18ClN5O2. The average molecular weight is 372 g/mol. The topological polar surface area (TPSA) is 81.9 Å². The van der Waals surface area contributed by atoms with E-state index in [2.05, 4.69) is 20.8 Å². The van der Waals surface area contributed by atoms with Gasteiger partial charge in [-0.05, 0) is 66.2 Å². The smallest absolute Gasteiger partial charge is 0.255 e. The van der Waals surface area contributed by atoms with E-state index in [0.717, 1.165) is 5.56 Å². The summed E-state index contributed by atoms with van der Waals surface area (Å²) in [6, 6.07) is 12.3. The third-order valence-electron chi connectivity index (χ3n) is 3.81. The first kappa shape index (κ1) is 17.9. The maximum absolute atomic E-state index is 12.5. The monoisotopic (exact) mass is 371 g/mol. The largest absolute Gasteiger partial charge is 0.486 e. The molecule has 8 heteroatoms. The fraction of sp³-hybridized carbons (Fsp3) is 0.222. The molecule has 3 rings (SSSR count). The standard InChI is InChI=1S/C18H18ClN5O2/c1-3-24-17(21-22-23-24)11-26-15-6-4-5-13(10-15)18(25)20-16-8-7-14(19)9-12(16)2/h4-10H,3,11H2,1-2H3,(H,20,25). The summed E-state index contributed by atoms with van der Waals surface area (Å²) in [5.74, 6) is 0.967. The number of hydrogen-bond donors (Lipinski definition) is 1. The molecule has 0 saturated heterocycles. The van der Waals surface area contributed by atoms with E-state index in [9.17, 15) is 4.79 Å². The third-order valence-corrected chi connectivity index (χ3v) is 4.04. The van der Waals surface area contributed by atoms with Crippen molar-refractivity contribution in [2.24, 2.45) is 0 Å². The highest BCUT2D eigenvalue weighted by atomic mass is 35.5. The van der Waals surface area contributed by atoms with E-state index in [1.807, 2.05) is 13.8 Å². The van der Waals surface area contributed by atoms with Crippen LogP contribution in [0.3, 0.4) is 0 Å². The number of nitrogens with one attached hydrogen (secondary N) is 1. The molecule has 0 aliphatic rings. The van der Waals surface area contributed by atoms with E-state index in [1.165, 1.54) is 0 Å². The van der Waals surface area contributed by atoms with Gasteiger partial charge in [-0.15, -0.1) is 5.10 Å². The lowest BCUT2D eigenvalue weighted by Gasteiger charge is -2.10. The Kier molecular flexibility index (Phi) is 5.48. The number of rotatable bonds is 6. The maximum atomic E-state index is 12.5. The summed E-state index contributed by atoms with van der Waals surface area (Å²) < 4.78 is 7.37. The zero-order valence-corrected chi connectivity index (χ0v) is 15.2. The number of aromatic nitrogens is 4. The molecule has 1 amide bonds. The summed E-state index contributed by atoms with van der Waals surface area (Å²) >= 11 is 5.94. The van der Waals surface area contributed by atoms with Crippen LogP contribution in [-0.4, -0.2) is 26.1 Å². The number of nitrogens with zero attached hydrogens (tertiary/aromatic N) is 4. The minimum Gasteiger partial charge on any atom is -0.486 e. The lowest BCUT2D eigenvalue weighted by Crippen LogP contribution is -2.13. The number of tetrazole rings is 1. The number of anilines is 1. The third kappa shape index (κ3) is 4.18. The number of benzene rings is 2. The van der Waals surface area contributed by atoms with Crippen molar-refractivity contribution >= 4 is 23.2 Å². The molecular weight excluding hydrogens is 354 g/mol. The van der Waals surface area contributed by atoms with Gasteiger partial charge in [-0.1, -0.05) is 17.7 Å². The molecule has 0 spiro atoms. The van der Waals surface area contributed by atoms with Gasteiger partial charge < -0.3 is 10.1 Å². The van der Waals surface area contributed by atoms with Crippen molar-refractivity contribution in [3.63, 3.8) is 0 Å². The maximum Gasteiger partial charge on any atom is 0.255 e. The van der Waals surface area contributed by atoms with Gasteiger partial charge in [0.15, 0.2) is 5.82 Å². The van der Waals surface area contributed by atoms with Crippen LogP contribution in [0.25, 0.3) is 0 Å². The average Bonchev–Trinajstić information content (AvgIpc) is 3.10. The van der Waals surface area contributed by atoms with Gasteiger partial charge in [-0.3, -0.25) is 4.79 Å². The second kappa shape index (κ2) is 7.97. The lowest BCUT2D eigenvalue weighted by molar-refractivity contribution is 0.102. The fourth-order valence-corrected chi connectivity index (χ4v) is 2.64. The van der Waals surface area contributed by atoms with Crippen molar-refractivity contribution in [3.05, 3.63) is 64.4 Å². The summed E-state index contributed by atoms with van der Waals surface area (Å²) in [5, 5.41) is 14.9. The second-order valence-corrected chi connectivity index (χ2v) is 6.08. The zero-order chi connectivity index (χ0) is 18.5. The Morgan fingerprint density at radius 3 is 2.88 bits per heavy atom. The molecule has 1 aromatic heterocycles. The van der Waals surface area contributed by atoms with Gasteiger partial charge in [0, 0.05) is 22.8 Å². The van der Waals surface area contributed by atoms with Crippen LogP contribution in [0.2, 0.25) is 5.02 Å². The number of amides is 1. The zero-order valence-electron chi connectivity index (χ0n) is 14.4. The van der Waals surface area contributed by atoms with Crippen molar-refractivity contribution in [2.75, 3.05) is 5.32 Å². The second-order valence-electron chi connectivity index (χ2n) is 5.64. The summed E-state index contributed by atoms with van der Waals surface area (Å²) in [4.78, 5) is 12.5. The summed E-state index contributed by atoms with van der Waals surface area (Å²) in [6.07, 6.45) is 0. The molecule has 0 fully saturated rings. The summed E-state index contributed by atoms with van der Waals surface area (Å²) in [7, 11) is 0. The first-order valence-electron chi connectivity index (χ1n) is 8.12. The molecule has 134 valence electrons. The summed E-state index contributed by atoms with van der Waals surface area (Å²) in [5.41, 5.74) is 2.10. The van der Waals surface area contributed by atoms with Crippen LogP contribution in [0, 0.1) is 6.92 Å². The molecule has 7 nitrogen and oxygen atoms in total. The molecule has 0 atom stereocenters. The lowest BCUT2D eigenvalue weighted by atomic mass is 10.1. The van der Waals surface area contributed by atoms with E-state index in [0.29, 0.717) is 34.4 Å². The highest BCUT2D eigenvalue weighted by molar-refractivity contribution is 6.30. The van der Waals surface area contributed by atoms with Crippen LogP contribution in [0.4, 0.5) is 5.69 Å². The number of ether oxygens (including phenoxy) is 1. The molecule has 1 N–H and O–H groups in total. The van der Waals surface area contributed by atoms with Crippen molar-refractivity contribution in [1.82, 2.24) is 20.2 Å². The van der Waals surface area contributed by atoms with Gasteiger partial charge in [-0.2, -0.15) is 0 Å². The Bertz CT molecular complexity index is 925. The van der Waals surface area contributed by atoms with Gasteiger partial charge >= 0.3 is 0 Å². The summed E-state index contributed by atoms with van der Waals surface area (Å²) in [6.45, 7) is 4.72. The SMILES string of the molecule is CCn1nnnc1COc1cccc(C(=O)Nc2ccc(Cl)cc2C)c1. The van der Waals surface area contributed by atoms with Crippen molar-refractivity contribution < 1.29 is 9.53 Å². The van der Waals surface area contributed by atoms with Crippen LogP contribution in [0.5, 0.6) is 5.75 Å². The predicted molar refractivity (Wildman–Crippen MR) is 98.4 cm³/mol. The van der Waals surface area contributed by atoms with Gasteiger partial charge in [0.25, 0.3) is 5.91 Å². The Labute approximate surface area is 155 Å². The molecule has 0 unspecified atom stereocenters. The number of carbonyl (C=O) groups is 1. The van der Waals surface area contributed by atoms with E-state index in [1.54, 1.807) is 47.1 Å². The number of halogens is 1. The Morgan fingerprint density at radius 2 is 2.12 bits per heavy atom. The first-order chi connectivity index (χ1) is 12.6. The fourth-order valence-electron chi connectivity index (χ4n) is 2.41. The van der Waals surface area contributed by atoms with Crippen molar-refractivity contribution in [3.8, 4) is 5.75 Å².